The van der Waals surface area contributed by atoms with Crippen molar-refractivity contribution in [1.29, 1.82) is 0 Å². The van der Waals surface area contributed by atoms with Crippen LogP contribution in [0.5, 0.6) is 0 Å². The van der Waals surface area contributed by atoms with Gasteiger partial charge in [-0.1, -0.05) is 18.9 Å². The second-order valence-corrected chi connectivity index (χ2v) is 5.98. The topological polar surface area (TPSA) is 93.8 Å². The fourth-order valence-electron chi connectivity index (χ4n) is 3.09. The van der Waals surface area contributed by atoms with Gasteiger partial charge in [-0.2, -0.15) is 0 Å². The Morgan fingerprint density at radius 3 is 2.83 bits per heavy atom. The van der Waals surface area contributed by atoms with E-state index in [2.05, 4.69) is 20.3 Å². The van der Waals surface area contributed by atoms with E-state index in [1.165, 1.54) is 0 Å². The summed E-state index contributed by atoms with van der Waals surface area (Å²) in [5, 5.41) is 3.38. The van der Waals surface area contributed by atoms with E-state index in [9.17, 15) is 4.79 Å². The van der Waals surface area contributed by atoms with Gasteiger partial charge in [0.15, 0.2) is 5.82 Å². The maximum absolute atomic E-state index is 11.6. The van der Waals surface area contributed by atoms with Gasteiger partial charge >= 0.3 is 0 Å². The van der Waals surface area contributed by atoms with Crippen LogP contribution < -0.4 is 11.1 Å². The maximum Gasteiger partial charge on any atom is 0.222 e. The van der Waals surface area contributed by atoms with Gasteiger partial charge in [-0.05, 0) is 31.9 Å². The van der Waals surface area contributed by atoms with Crippen LogP contribution in [0.3, 0.4) is 0 Å². The molecule has 0 unspecified atom stereocenters. The number of nitrogens with zero attached hydrogens (tertiary/aromatic N) is 3. The first-order valence-electron chi connectivity index (χ1n) is 7.96. The monoisotopic (exact) mass is 311 g/mol. The first kappa shape index (κ1) is 15.4. The number of nitrogens with two attached hydrogens (primary N) is 1. The Bertz CT molecular complexity index is 689. The molecule has 0 radical (unpaired) electrons. The Labute approximate surface area is 135 Å². The van der Waals surface area contributed by atoms with Gasteiger partial charge in [0.05, 0.1) is 5.92 Å². The molecule has 1 fully saturated rings. The van der Waals surface area contributed by atoms with Crippen LogP contribution in [0.4, 0.5) is 5.82 Å². The van der Waals surface area contributed by atoms with Crippen LogP contribution in [0.25, 0.3) is 11.5 Å². The molecule has 120 valence electrons. The van der Waals surface area contributed by atoms with Crippen molar-refractivity contribution >= 4 is 11.7 Å². The third-order valence-electron chi connectivity index (χ3n) is 4.21. The van der Waals surface area contributed by atoms with Crippen LogP contribution in [-0.4, -0.2) is 26.9 Å². The molecule has 0 saturated heterocycles. The average molecular weight is 311 g/mol. The molecule has 0 aliphatic heterocycles. The lowest BCUT2D eigenvalue weighted by Crippen LogP contribution is -2.40. The minimum absolute atomic E-state index is 0.0344. The minimum Gasteiger partial charge on any atom is -0.369 e. The van der Waals surface area contributed by atoms with Crippen LogP contribution in [0.1, 0.15) is 31.4 Å². The molecule has 3 rings (SSSR count). The van der Waals surface area contributed by atoms with E-state index in [1.54, 1.807) is 6.20 Å². The molecule has 1 aliphatic carbocycles. The summed E-state index contributed by atoms with van der Waals surface area (Å²) in [6.07, 6.45) is 5.63. The summed E-state index contributed by atoms with van der Waals surface area (Å²) in [4.78, 5) is 24.9. The van der Waals surface area contributed by atoms with Crippen LogP contribution >= 0.6 is 0 Å². The van der Waals surface area contributed by atoms with Gasteiger partial charge in [0.2, 0.25) is 5.91 Å². The fraction of sp³-hybridized carbons (Fsp3) is 0.412. The molecule has 6 heteroatoms. The van der Waals surface area contributed by atoms with Gasteiger partial charge in [-0.25, -0.2) is 9.97 Å². The number of aryl methyl sites for hydroxylation is 1. The molecule has 0 bridgehead atoms. The van der Waals surface area contributed by atoms with Gasteiger partial charge in [0.1, 0.15) is 11.5 Å². The van der Waals surface area contributed by atoms with Crippen molar-refractivity contribution in [3.63, 3.8) is 0 Å². The number of carbonyl (C=O) groups excluding carboxylic acids is 1. The number of nitrogens with one attached hydrogen (secondary N) is 1. The lowest BCUT2D eigenvalue weighted by molar-refractivity contribution is -0.122. The Balaban J connectivity index is 1.85. The van der Waals surface area contributed by atoms with Crippen molar-refractivity contribution in [1.82, 2.24) is 15.0 Å². The Hall–Kier alpha value is -2.50. The van der Waals surface area contributed by atoms with E-state index in [4.69, 9.17) is 5.73 Å². The third-order valence-corrected chi connectivity index (χ3v) is 4.21. The minimum atomic E-state index is -0.238. The summed E-state index contributed by atoms with van der Waals surface area (Å²) < 4.78 is 0. The van der Waals surface area contributed by atoms with Crippen molar-refractivity contribution in [2.75, 3.05) is 5.32 Å². The number of pyridine rings is 1. The smallest absolute Gasteiger partial charge is 0.222 e. The van der Waals surface area contributed by atoms with Crippen LogP contribution in [0.2, 0.25) is 0 Å². The van der Waals surface area contributed by atoms with Gasteiger partial charge in [-0.15, -0.1) is 0 Å². The number of primary amides is 1. The molecule has 2 aromatic heterocycles. The van der Waals surface area contributed by atoms with Gasteiger partial charge in [-0.3, -0.25) is 9.78 Å². The first-order valence-corrected chi connectivity index (χ1v) is 7.96. The zero-order valence-corrected chi connectivity index (χ0v) is 13.2. The van der Waals surface area contributed by atoms with Crippen LogP contribution in [0, 0.1) is 12.8 Å². The molecule has 2 heterocycles. The largest absolute Gasteiger partial charge is 0.369 e. The number of aromatic nitrogens is 3. The summed E-state index contributed by atoms with van der Waals surface area (Å²) in [6, 6.07) is 7.57. The van der Waals surface area contributed by atoms with Gasteiger partial charge < -0.3 is 11.1 Å². The molecular formula is C17H21N5O. The zero-order chi connectivity index (χ0) is 16.2. The molecular weight excluding hydrogens is 290 g/mol. The van der Waals surface area contributed by atoms with E-state index in [0.717, 1.165) is 42.9 Å². The van der Waals surface area contributed by atoms with Crippen LogP contribution in [0.15, 0.2) is 30.5 Å². The first-order chi connectivity index (χ1) is 11.1. The second kappa shape index (κ2) is 6.73. The molecule has 1 saturated carbocycles. The Morgan fingerprint density at radius 2 is 2.09 bits per heavy atom. The molecule has 2 aromatic rings. The van der Waals surface area contributed by atoms with E-state index in [1.807, 2.05) is 31.2 Å². The highest BCUT2D eigenvalue weighted by atomic mass is 16.1. The highest BCUT2D eigenvalue weighted by Crippen LogP contribution is 2.27. The molecule has 0 aromatic carbocycles. The van der Waals surface area contributed by atoms with Gasteiger partial charge in [0.25, 0.3) is 0 Å². The van der Waals surface area contributed by atoms with Gasteiger partial charge in [0, 0.05) is 24.0 Å². The lowest BCUT2D eigenvalue weighted by atomic mass is 9.84. The molecule has 2 atom stereocenters. The SMILES string of the molecule is Cc1cc(N[C@@H]2CCCC[C@H]2C(N)=O)nc(-c2ccccn2)n1. The van der Waals surface area contributed by atoms with Crippen molar-refractivity contribution < 1.29 is 4.79 Å². The summed E-state index contributed by atoms with van der Waals surface area (Å²) in [5.74, 6) is 0.922. The lowest BCUT2D eigenvalue weighted by Gasteiger charge is -2.30. The summed E-state index contributed by atoms with van der Waals surface area (Å²) in [5.41, 5.74) is 7.13. The standard InChI is InChI=1S/C17H21N5O/c1-11-10-15(21-13-7-3-2-6-12(13)16(18)23)22-17(20-11)14-8-4-5-9-19-14/h4-5,8-10,12-13H,2-3,6-7H2,1H3,(H2,18,23)(H,20,21,22)/t12-,13-/m1/s1. The Kier molecular flexibility index (Phi) is 4.50. The average Bonchev–Trinajstić information content (AvgIpc) is 2.55. The molecule has 3 N–H and O–H groups in total. The van der Waals surface area contributed by atoms with Crippen LogP contribution in [-0.2, 0) is 4.79 Å². The van der Waals surface area contributed by atoms with E-state index < -0.39 is 0 Å². The fourth-order valence-corrected chi connectivity index (χ4v) is 3.09. The second-order valence-electron chi connectivity index (χ2n) is 5.98. The normalized spacial score (nSPS) is 20.9. The predicted molar refractivity (Wildman–Crippen MR) is 88.6 cm³/mol. The van der Waals surface area contributed by atoms with E-state index in [0.29, 0.717) is 5.82 Å². The van der Waals surface area contributed by atoms with E-state index in [-0.39, 0.29) is 17.9 Å². The number of amides is 1. The maximum atomic E-state index is 11.6. The molecule has 1 aliphatic rings. The molecule has 6 nitrogen and oxygen atoms in total. The quantitative estimate of drug-likeness (QED) is 0.903. The number of carbonyl (C=O) groups is 1. The third kappa shape index (κ3) is 3.64. The Morgan fingerprint density at radius 1 is 1.26 bits per heavy atom. The summed E-state index contributed by atoms with van der Waals surface area (Å²) in [7, 11) is 0. The number of anilines is 1. The number of hydrogen-bond donors (Lipinski definition) is 2. The highest BCUT2D eigenvalue weighted by molar-refractivity contribution is 5.78. The summed E-state index contributed by atoms with van der Waals surface area (Å²) >= 11 is 0. The zero-order valence-electron chi connectivity index (χ0n) is 13.2. The van der Waals surface area contributed by atoms with Crippen molar-refractivity contribution in [3.8, 4) is 11.5 Å². The summed E-state index contributed by atoms with van der Waals surface area (Å²) in [6.45, 7) is 1.92. The molecule has 0 spiro atoms. The predicted octanol–water partition coefficient (Wildman–Crippen LogP) is 2.30. The number of hydrogen-bond acceptors (Lipinski definition) is 5. The van der Waals surface area contributed by atoms with Crippen molar-refractivity contribution in [2.45, 2.75) is 38.6 Å². The number of rotatable bonds is 4. The van der Waals surface area contributed by atoms with Crippen molar-refractivity contribution in [2.24, 2.45) is 11.7 Å². The van der Waals surface area contributed by atoms with E-state index >= 15 is 0 Å². The highest BCUT2D eigenvalue weighted by Gasteiger charge is 2.29. The molecule has 1 amide bonds. The van der Waals surface area contributed by atoms with Crippen molar-refractivity contribution in [3.05, 3.63) is 36.2 Å². The molecule has 23 heavy (non-hydrogen) atoms.